The Bertz CT molecular complexity index is 691. The lowest BCUT2D eigenvalue weighted by atomic mass is 9.97. The highest BCUT2D eigenvalue weighted by molar-refractivity contribution is 5.40. The molecule has 1 saturated heterocycles. The van der Waals surface area contributed by atoms with Crippen molar-refractivity contribution in [3.8, 4) is 11.5 Å². The molecule has 130 valence electrons. The number of ether oxygens (including phenoxy) is 2. The van der Waals surface area contributed by atoms with Gasteiger partial charge in [0.05, 0.1) is 20.9 Å². The Balaban J connectivity index is 1.74. The van der Waals surface area contributed by atoms with Crippen molar-refractivity contribution >= 4 is 0 Å². The van der Waals surface area contributed by atoms with Crippen LogP contribution in [0.3, 0.4) is 0 Å². The van der Waals surface area contributed by atoms with Gasteiger partial charge in [-0.3, -0.25) is 14.4 Å². The average molecular weight is 334 g/mol. The molecule has 1 aromatic carbocycles. The quantitative estimate of drug-likeness (QED) is 0.878. The molecule has 1 aliphatic rings. The fraction of sp³-hybridized carbons (Fsp3) is 0.529. The van der Waals surface area contributed by atoms with Crippen LogP contribution in [0.4, 0.5) is 4.39 Å². The van der Waals surface area contributed by atoms with Crippen LogP contribution in [0.2, 0.25) is 0 Å². The van der Waals surface area contributed by atoms with Crippen LogP contribution in [0.25, 0.3) is 0 Å². The molecule has 1 fully saturated rings. The normalized spacial score (nSPS) is 21.2. The zero-order valence-corrected chi connectivity index (χ0v) is 14.3. The van der Waals surface area contributed by atoms with Gasteiger partial charge in [0.15, 0.2) is 5.82 Å². The van der Waals surface area contributed by atoms with Crippen molar-refractivity contribution in [2.75, 3.05) is 34.0 Å². The predicted octanol–water partition coefficient (Wildman–Crippen LogP) is 2.32. The molecule has 1 N–H and O–H groups in total. The lowest BCUT2D eigenvalue weighted by Gasteiger charge is -2.18. The Morgan fingerprint density at radius 1 is 1.29 bits per heavy atom. The summed E-state index contributed by atoms with van der Waals surface area (Å²) < 4.78 is 24.1. The zero-order valence-electron chi connectivity index (χ0n) is 14.3. The molecule has 0 spiro atoms. The molecular formula is C17H23FN4O2. The van der Waals surface area contributed by atoms with Gasteiger partial charge in [-0.15, -0.1) is 0 Å². The van der Waals surface area contributed by atoms with Crippen LogP contribution >= 0.6 is 0 Å². The first-order valence-electron chi connectivity index (χ1n) is 8.02. The fourth-order valence-corrected chi connectivity index (χ4v) is 3.29. The molecule has 0 bridgehead atoms. The van der Waals surface area contributed by atoms with Gasteiger partial charge in [0, 0.05) is 43.1 Å². The molecule has 0 aliphatic carbocycles. The number of nitrogens with zero attached hydrogens (tertiary/aromatic N) is 3. The molecule has 0 unspecified atom stereocenters. The Labute approximate surface area is 141 Å². The molecule has 2 atom stereocenters. The Morgan fingerprint density at radius 2 is 2.12 bits per heavy atom. The minimum atomic E-state index is -0.367. The molecule has 0 amide bonds. The largest absolute Gasteiger partial charge is 0.497 e. The van der Waals surface area contributed by atoms with Crippen molar-refractivity contribution in [3.63, 3.8) is 0 Å². The number of benzene rings is 1. The van der Waals surface area contributed by atoms with Crippen molar-refractivity contribution in [2.24, 2.45) is 5.92 Å². The molecule has 3 rings (SSSR count). The first-order valence-corrected chi connectivity index (χ1v) is 8.02. The monoisotopic (exact) mass is 334 g/mol. The molecule has 6 nitrogen and oxygen atoms in total. The minimum Gasteiger partial charge on any atom is -0.497 e. The number of hydrogen-bond donors (Lipinski definition) is 1. The van der Waals surface area contributed by atoms with Gasteiger partial charge in [-0.1, -0.05) is 6.07 Å². The maximum atomic E-state index is 13.5. The number of hydrogen-bond acceptors (Lipinski definition) is 5. The van der Waals surface area contributed by atoms with E-state index in [4.69, 9.17) is 9.47 Å². The van der Waals surface area contributed by atoms with Crippen molar-refractivity contribution in [1.29, 1.82) is 0 Å². The van der Waals surface area contributed by atoms with Gasteiger partial charge in [-0.25, -0.2) is 4.98 Å². The van der Waals surface area contributed by atoms with Gasteiger partial charge in [0.1, 0.15) is 17.3 Å². The van der Waals surface area contributed by atoms with Crippen LogP contribution in [0.5, 0.6) is 11.5 Å². The molecule has 1 aliphatic heterocycles. The maximum Gasteiger partial charge on any atom is 0.155 e. The van der Waals surface area contributed by atoms with Gasteiger partial charge in [0.2, 0.25) is 0 Å². The summed E-state index contributed by atoms with van der Waals surface area (Å²) in [6.45, 7) is 3.61. The number of nitrogens with one attached hydrogen (secondary N) is 1. The SMILES string of the molecule is COc1ccc(CN2C[C@@H](CF)[C@H](c3n[nH]c(C)n3)C2)c(OC)c1. The third kappa shape index (κ3) is 3.36. The van der Waals surface area contributed by atoms with E-state index in [1.807, 2.05) is 25.1 Å². The van der Waals surface area contributed by atoms with E-state index >= 15 is 0 Å². The topological polar surface area (TPSA) is 63.3 Å². The number of rotatable bonds is 6. The van der Waals surface area contributed by atoms with Gasteiger partial charge >= 0.3 is 0 Å². The van der Waals surface area contributed by atoms with E-state index in [0.717, 1.165) is 29.4 Å². The minimum absolute atomic E-state index is 0.0178. The molecule has 2 heterocycles. The van der Waals surface area contributed by atoms with Gasteiger partial charge in [0.25, 0.3) is 0 Å². The first-order chi connectivity index (χ1) is 11.6. The summed E-state index contributed by atoms with van der Waals surface area (Å²) in [6, 6.07) is 5.78. The summed E-state index contributed by atoms with van der Waals surface area (Å²) in [6.07, 6.45) is 0. The smallest absolute Gasteiger partial charge is 0.155 e. The van der Waals surface area contributed by atoms with E-state index in [0.29, 0.717) is 18.9 Å². The number of methoxy groups -OCH3 is 2. The lowest BCUT2D eigenvalue weighted by molar-refractivity contribution is 0.290. The Hall–Kier alpha value is -2.15. The van der Waals surface area contributed by atoms with Crippen molar-refractivity contribution in [2.45, 2.75) is 19.4 Å². The number of aromatic amines is 1. The number of alkyl halides is 1. The summed E-state index contributed by atoms with van der Waals surface area (Å²) in [7, 11) is 3.27. The summed E-state index contributed by atoms with van der Waals surface area (Å²) in [4.78, 5) is 6.61. The van der Waals surface area contributed by atoms with Crippen LogP contribution in [-0.2, 0) is 6.54 Å². The molecular weight excluding hydrogens is 311 g/mol. The maximum absolute atomic E-state index is 13.5. The molecule has 0 saturated carbocycles. The second kappa shape index (κ2) is 7.17. The standard InChI is InChI=1S/C17H23FN4O2/c1-11-19-17(21-20-11)15-10-22(9-13(15)7-18)8-12-4-5-14(23-2)6-16(12)24-3/h4-6,13,15H,7-10H2,1-3H3,(H,19,20,21)/t13-,15-/m1/s1. The van der Waals surface area contributed by atoms with Crippen molar-refractivity contribution in [3.05, 3.63) is 35.4 Å². The van der Waals surface area contributed by atoms with Crippen LogP contribution < -0.4 is 9.47 Å². The second-order valence-electron chi connectivity index (χ2n) is 6.17. The second-order valence-corrected chi connectivity index (χ2v) is 6.17. The summed E-state index contributed by atoms with van der Waals surface area (Å²) >= 11 is 0. The third-order valence-corrected chi connectivity index (χ3v) is 4.55. The highest BCUT2D eigenvalue weighted by Crippen LogP contribution is 2.34. The fourth-order valence-electron chi connectivity index (χ4n) is 3.29. The van der Waals surface area contributed by atoms with Crippen molar-refractivity contribution < 1.29 is 13.9 Å². The Morgan fingerprint density at radius 3 is 2.75 bits per heavy atom. The first kappa shape index (κ1) is 16.7. The predicted molar refractivity (Wildman–Crippen MR) is 88.1 cm³/mol. The molecule has 0 radical (unpaired) electrons. The van der Waals surface area contributed by atoms with Gasteiger partial charge in [-0.2, -0.15) is 5.10 Å². The van der Waals surface area contributed by atoms with E-state index in [1.165, 1.54) is 0 Å². The summed E-state index contributed by atoms with van der Waals surface area (Å²) in [5.74, 6) is 2.95. The van der Waals surface area contributed by atoms with E-state index in [9.17, 15) is 4.39 Å². The average Bonchev–Trinajstić information content (AvgIpc) is 3.21. The van der Waals surface area contributed by atoms with E-state index in [-0.39, 0.29) is 18.5 Å². The number of halogens is 1. The van der Waals surface area contributed by atoms with Crippen LogP contribution in [0, 0.1) is 12.8 Å². The number of H-pyrrole nitrogens is 1. The van der Waals surface area contributed by atoms with Gasteiger partial charge in [-0.05, 0) is 13.0 Å². The summed E-state index contributed by atoms with van der Waals surface area (Å²) in [5.41, 5.74) is 1.06. The van der Waals surface area contributed by atoms with Crippen LogP contribution in [-0.4, -0.2) is 54.1 Å². The molecule has 7 heteroatoms. The van der Waals surface area contributed by atoms with Crippen LogP contribution in [0.15, 0.2) is 18.2 Å². The molecule has 1 aromatic heterocycles. The highest BCUT2D eigenvalue weighted by atomic mass is 19.1. The highest BCUT2D eigenvalue weighted by Gasteiger charge is 2.36. The summed E-state index contributed by atoms with van der Waals surface area (Å²) in [5, 5.41) is 7.07. The van der Waals surface area contributed by atoms with E-state index < -0.39 is 0 Å². The van der Waals surface area contributed by atoms with Crippen LogP contribution in [0.1, 0.15) is 23.1 Å². The molecule has 24 heavy (non-hydrogen) atoms. The number of aromatic nitrogens is 3. The Kier molecular flexibility index (Phi) is 4.99. The zero-order chi connectivity index (χ0) is 17.1. The number of aryl methyl sites for hydroxylation is 1. The van der Waals surface area contributed by atoms with Crippen molar-refractivity contribution in [1.82, 2.24) is 20.1 Å². The number of likely N-dealkylation sites (tertiary alicyclic amines) is 1. The van der Waals surface area contributed by atoms with Gasteiger partial charge < -0.3 is 9.47 Å². The third-order valence-electron chi connectivity index (χ3n) is 4.55. The van der Waals surface area contributed by atoms with E-state index in [1.54, 1.807) is 14.2 Å². The molecule has 2 aromatic rings. The van der Waals surface area contributed by atoms with E-state index in [2.05, 4.69) is 20.1 Å². The lowest BCUT2D eigenvalue weighted by Crippen LogP contribution is -2.21.